The Balaban J connectivity index is 1.56. The van der Waals surface area contributed by atoms with Crippen LogP contribution in [0.5, 0.6) is 0 Å². The molecule has 12 aromatic rings. The zero-order valence-electron chi connectivity index (χ0n) is 36.2. The maximum atomic E-state index is 2.59. The lowest BCUT2D eigenvalue weighted by Crippen LogP contribution is -2.13. The predicted molar refractivity (Wildman–Crippen MR) is 259 cm³/mol. The third kappa shape index (κ3) is 4.17. The van der Waals surface area contributed by atoms with Gasteiger partial charge in [0.1, 0.15) is 0 Å². The van der Waals surface area contributed by atoms with Gasteiger partial charge in [0.25, 0.3) is 0 Å². The van der Waals surface area contributed by atoms with Gasteiger partial charge < -0.3 is 0 Å². The van der Waals surface area contributed by atoms with Crippen molar-refractivity contribution in [3.8, 4) is 0 Å². The first kappa shape index (κ1) is 34.6. The number of fused-ring (bicyclic) bond motifs is 10. The summed E-state index contributed by atoms with van der Waals surface area (Å²) in [5.74, 6) is 0. The fourth-order valence-electron chi connectivity index (χ4n) is 11.3. The van der Waals surface area contributed by atoms with Crippen LogP contribution in [0.4, 0.5) is 0 Å². The molecule has 0 atom stereocenters. The van der Waals surface area contributed by atoms with Gasteiger partial charge in [-0.05, 0) is 205 Å². The van der Waals surface area contributed by atoms with Crippen LogP contribution in [0.2, 0.25) is 0 Å². The van der Waals surface area contributed by atoms with Crippen LogP contribution in [0.3, 0.4) is 0 Å². The van der Waals surface area contributed by atoms with E-state index in [0.717, 1.165) is 0 Å². The van der Waals surface area contributed by atoms with Crippen LogP contribution in [0, 0.1) is 0 Å². The normalized spacial score (nSPS) is 14.2. The van der Waals surface area contributed by atoms with Crippen molar-refractivity contribution < 1.29 is 0 Å². The fourth-order valence-corrected chi connectivity index (χ4v) is 11.3. The molecule has 0 heterocycles. The Morgan fingerprint density at radius 1 is 0.207 bits per heavy atom. The lowest BCUT2D eigenvalue weighted by atomic mass is 9.72. The van der Waals surface area contributed by atoms with Gasteiger partial charge in [-0.3, -0.25) is 0 Å². The molecule has 0 spiro atoms. The Kier molecular flexibility index (Phi) is 6.20. The molecule has 12 aromatic carbocycles. The van der Waals surface area contributed by atoms with Gasteiger partial charge in [-0.15, -0.1) is 0 Å². The van der Waals surface area contributed by atoms with E-state index in [1.165, 1.54) is 141 Å². The highest BCUT2D eigenvalue weighted by Gasteiger charge is 2.32. The standard InChI is InChI=1S/C58H52/c1-55(2,3)29-20-21-37-38(22-29)40-24-31(57(7,8)9)26-42-44-28-32(58(10,11)12)27-43-41-25-30(56(4,5)6)23-39-36-19-15-18-34-33-16-13-14-17-35(33)49-50(37)52(47(40)42)54(48(43)44)53(46(39)41)51(49)45(34)36/h13-28H,1-12H3. The molecule has 0 nitrogen and oxygen atoms in total. The van der Waals surface area contributed by atoms with Crippen molar-refractivity contribution in [3.05, 3.63) is 119 Å². The first-order valence-electron chi connectivity index (χ1n) is 21.5. The van der Waals surface area contributed by atoms with Gasteiger partial charge >= 0.3 is 0 Å². The molecule has 0 amide bonds. The first-order chi connectivity index (χ1) is 27.3. The molecule has 0 fully saturated rings. The van der Waals surface area contributed by atoms with E-state index in [2.05, 4.69) is 180 Å². The van der Waals surface area contributed by atoms with E-state index in [1.807, 2.05) is 0 Å². The third-order valence-corrected chi connectivity index (χ3v) is 14.4. The topological polar surface area (TPSA) is 0 Å². The average Bonchev–Trinajstić information content (AvgIpc) is 3.17. The number of benzene rings is 12. The van der Waals surface area contributed by atoms with Crippen LogP contribution in [0.25, 0.3) is 118 Å². The summed E-state index contributed by atoms with van der Waals surface area (Å²) in [6.45, 7) is 28.6. The van der Waals surface area contributed by atoms with Crippen LogP contribution >= 0.6 is 0 Å². The van der Waals surface area contributed by atoms with Gasteiger partial charge in [0.15, 0.2) is 0 Å². The molecular formula is C58H52. The van der Waals surface area contributed by atoms with Gasteiger partial charge in [-0.1, -0.05) is 138 Å². The minimum atomic E-state index is -0.0318. The summed E-state index contributed by atoms with van der Waals surface area (Å²) >= 11 is 0. The van der Waals surface area contributed by atoms with Crippen LogP contribution in [-0.4, -0.2) is 0 Å². The summed E-state index contributed by atoms with van der Waals surface area (Å²) in [5.41, 5.74) is 5.51. The van der Waals surface area contributed by atoms with Crippen molar-refractivity contribution in [2.24, 2.45) is 0 Å². The number of hydrogen-bond acceptors (Lipinski definition) is 0. The second-order valence-electron chi connectivity index (χ2n) is 22.1. The minimum Gasteiger partial charge on any atom is -0.0616 e. The molecule has 0 saturated carbocycles. The largest absolute Gasteiger partial charge is 0.0616 e. The Morgan fingerprint density at radius 3 is 0.914 bits per heavy atom. The van der Waals surface area contributed by atoms with Crippen LogP contribution < -0.4 is 0 Å². The van der Waals surface area contributed by atoms with E-state index in [0.29, 0.717) is 0 Å². The SMILES string of the molecule is CC(C)(C)c1ccc2c(c1)c1cc(C(C)(C)C)cc3c4cc(C(C)(C)C)cc5c6cc(C(C)(C)C)cc7c8cccc9c%10ccccc%10c%10c2c(c13)c(c45)c(c76)c%10c98. The Hall–Kier alpha value is -5.46. The quantitative estimate of drug-likeness (QED) is 0.107. The molecule has 0 N–H and O–H groups in total. The Morgan fingerprint density at radius 2 is 0.483 bits per heavy atom. The monoisotopic (exact) mass is 748 g/mol. The highest BCUT2D eigenvalue weighted by molar-refractivity contribution is 6.58. The molecule has 0 aliphatic carbocycles. The maximum absolute atomic E-state index is 2.59. The van der Waals surface area contributed by atoms with Crippen molar-refractivity contribution in [3.63, 3.8) is 0 Å². The van der Waals surface area contributed by atoms with Crippen LogP contribution in [0.1, 0.15) is 105 Å². The smallest absolute Gasteiger partial charge is 0.0000476 e. The average molecular weight is 749 g/mol. The number of hydrogen-bond donors (Lipinski definition) is 0. The molecule has 0 saturated heterocycles. The molecule has 0 unspecified atom stereocenters. The Bertz CT molecular complexity index is 3680. The van der Waals surface area contributed by atoms with Crippen molar-refractivity contribution in [2.45, 2.75) is 105 Å². The molecule has 284 valence electrons. The van der Waals surface area contributed by atoms with E-state index in [4.69, 9.17) is 0 Å². The highest BCUT2D eigenvalue weighted by Crippen LogP contribution is 2.59. The van der Waals surface area contributed by atoms with E-state index < -0.39 is 0 Å². The van der Waals surface area contributed by atoms with E-state index in [-0.39, 0.29) is 21.7 Å². The van der Waals surface area contributed by atoms with Gasteiger partial charge in [0, 0.05) is 0 Å². The maximum Gasteiger partial charge on any atom is -0.0000476 e. The summed E-state index contributed by atoms with van der Waals surface area (Å²) in [6, 6.07) is 39.4. The minimum absolute atomic E-state index is 0.0166. The molecule has 0 aromatic heterocycles. The summed E-state index contributed by atoms with van der Waals surface area (Å²) < 4.78 is 0. The third-order valence-electron chi connectivity index (χ3n) is 14.4. The number of rotatable bonds is 0. The first-order valence-corrected chi connectivity index (χ1v) is 21.5. The van der Waals surface area contributed by atoms with Crippen molar-refractivity contribution in [1.82, 2.24) is 0 Å². The highest BCUT2D eigenvalue weighted by atomic mass is 14.3. The van der Waals surface area contributed by atoms with Gasteiger partial charge in [-0.2, -0.15) is 0 Å². The molecule has 0 heteroatoms. The zero-order chi connectivity index (χ0) is 40.3. The summed E-state index contributed by atoms with van der Waals surface area (Å²) in [6.07, 6.45) is 0. The second-order valence-corrected chi connectivity index (χ2v) is 22.1. The van der Waals surface area contributed by atoms with Gasteiger partial charge in [0.2, 0.25) is 0 Å². The second kappa shape index (κ2) is 10.4. The fraction of sp³-hybridized carbons (Fsp3) is 0.276. The Labute approximate surface area is 341 Å². The van der Waals surface area contributed by atoms with Crippen LogP contribution in [-0.2, 0) is 21.7 Å². The molecule has 0 aliphatic heterocycles. The summed E-state index contributed by atoms with van der Waals surface area (Å²) in [4.78, 5) is 0. The van der Waals surface area contributed by atoms with Crippen molar-refractivity contribution >= 4 is 118 Å². The molecule has 0 bridgehead atoms. The van der Waals surface area contributed by atoms with Crippen LogP contribution in [0.15, 0.2) is 97.1 Å². The molecule has 12 rings (SSSR count). The molecule has 58 heavy (non-hydrogen) atoms. The lowest BCUT2D eigenvalue weighted by molar-refractivity contribution is 0.590. The van der Waals surface area contributed by atoms with Gasteiger partial charge in [-0.25, -0.2) is 0 Å². The summed E-state index contributed by atoms with van der Waals surface area (Å²) in [7, 11) is 0. The van der Waals surface area contributed by atoms with E-state index in [1.54, 1.807) is 0 Å². The predicted octanol–water partition coefficient (Wildman–Crippen LogP) is 17.3. The van der Waals surface area contributed by atoms with E-state index in [9.17, 15) is 0 Å². The van der Waals surface area contributed by atoms with Gasteiger partial charge in [0.05, 0.1) is 0 Å². The lowest BCUT2D eigenvalue weighted by Gasteiger charge is -2.31. The van der Waals surface area contributed by atoms with Crippen molar-refractivity contribution in [1.29, 1.82) is 0 Å². The summed E-state index contributed by atoms with van der Waals surface area (Å²) in [5, 5.41) is 30.9. The zero-order valence-corrected chi connectivity index (χ0v) is 36.2. The molecular weight excluding hydrogens is 697 g/mol. The molecule has 0 aliphatic rings. The van der Waals surface area contributed by atoms with Crippen molar-refractivity contribution in [2.75, 3.05) is 0 Å². The van der Waals surface area contributed by atoms with E-state index >= 15 is 0 Å². The molecule has 0 radical (unpaired) electrons.